The molecule has 2 bridgehead atoms. The lowest BCUT2D eigenvalue weighted by molar-refractivity contribution is 0.596. The Morgan fingerprint density at radius 2 is 1.93 bits per heavy atom. The molecule has 0 saturated carbocycles. The van der Waals surface area contributed by atoms with Crippen LogP contribution >= 0.6 is 0 Å². The van der Waals surface area contributed by atoms with Crippen LogP contribution in [0.5, 0.6) is 0 Å². The smallest absolute Gasteiger partial charge is 0.179 e. The summed E-state index contributed by atoms with van der Waals surface area (Å²) in [5.41, 5.74) is 1.11. The van der Waals surface area contributed by atoms with Gasteiger partial charge in [0.15, 0.2) is 9.84 Å². The van der Waals surface area contributed by atoms with Crippen LogP contribution in [0.3, 0.4) is 0 Å². The van der Waals surface area contributed by atoms with Gasteiger partial charge in [0, 0.05) is 5.39 Å². The van der Waals surface area contributed by atoms with Gasteiger partial charge in [0.1, 0.15) is 0 Å². The minimum absolute atomic E-state index is 0.222. The van der Waals surface area contributed by atoms with Crippen LogP contribution in [0.25, 0.3) is 10.8 Å². The summed E-state index contributed by atoms with van der Waals surface area (Å²) in [6.07, 6.45) is 0.618. The molecular formula is C12H10O2S. The Kier molecular flexibility index (Phi) is 1.68. The van der Waals surface area contributed by atoms with Crippen molar-refractivity contribution < 1.29 is 8.42 Å². The maximum Gasteiger partial charge on any atom is 0.179 e. The molecule has 2 aromatic rings. The maximum absolute atomic E-state index is 12.0. The highest BCUT2D eigenvalue weighted by molar-refractivity contribution is 7.91. The number of hydrogen-bond donors (Lipinski definition) is 0. The molecule has 0 atom stereocenters. The quantitative estimate of drug-likeness (QED) is 0.679. The van der Waals surface area contributed by atoms with E-state index in [9.17, 15) is 8.42 Å². The standard InChI is InChI=1S/C12H10O2S/c13-15(14)7-6-9-4-5-10-2-1-3-12(15)11(10)8-9/h1-5,8H,6-7H2. The lowest BCUT2D eigenvalue weighted by Crippen LogP contribution is -2.06. The van der Waals surface area contributed by atoms with Gasteiger partial charge < -0.3 is 0 Å². The lowest BCUT2D eigenvalue weighted by Gasteiger charge is -2.03. The zero-order valence-electron chi connectivity index (χ0n) is 8.10. The van der Waals surface area contributed by atoms with Crippen LogP contribution < -0.4 is 0 Å². The number of benzene rings is 2. The van der Waals surface area contributed by atoms with Gasteiger partial charge in [-0.1, -0.05) is 24.3 Å². The van der Waals surface area contributed by atoms with Gasteiger partial charge >= 0.3 is 0 Å². The van der Waals surface area contributed by atoms with Crippen molar-refractivity contribution in [2.24, 2.45) is 0 Å². The van der Waals surface area contributed by atoms with E-state index < -0.39 is 9.84 Å². The van der Waals surface area contributed by atoms with E-state index in [1.165, 1.54) is 0 Å². The van der Waals surface area contributed by atoms with Gasteiger partial charge in [-0.2, -0.15) is 0 Å². The highest BCUT2D eigenvalue weighted by atomic mass is 32.2. The van der Waals surface area contributed by atoms with Crippen molar-refractivity contribution in [3.8, 4) is 0 Å². The van der Waals surface area contributed by atoms with Crippen LogP contribution in [-0.4, -0.2) is 14.2 Å². The fraction of sp³-hybridized carbons (Fsp3) is 0.167. The van der Waals surface area contributed by atoms with Gasteiger partial charge in [-0.15, -0.1) is 0 Å². The fourth-order valence-corrected chi connectivity index (χ4v) is 3.60. The Balaban J connectivity index is 2.54. The summed E-state index contributed by atoms with van der Waals surface area (Å²) in [5, 5.41) is 1.87. The third-order valence-electron chi connectivity index (χ3n) is 2.90. The second-order valence-corrected chi connectivity index (χ2v) is 5.96. The molecule has 0 spiro atoms. The molecule has 0 N–H and O–H groups in total. The first-order valence-electron chi connectivity index (χ1n) is 4.91. The second kappa shape index (κ2) is 2.83. The van der Waals surface area contributed by atoms with Gasteiger partial charge in [-0.25, -0.2) is 8.42 Å². The predicted molar refractivity (Wildman–Crippen MR) is 59.7 cm³/mol. The lowest BCUT2D eigenvalue weighted by atomic mass is 10.1. The zero-order valence-corrected chi connectivity index (χ0v) is 8.92. The summed E-state index contributed by atoms with van der Waals surface area (Å²) in [4.78, 5) is 0.486. The average molecular weight is 218 g/mol. The molecule has 0 amide bonds. The molecule has 76 valence electrons. The molecule has 1 heterocycles. The third kappa shape index (κ3) is 1.27. The molecule has 15 heavy (non-hydrogen) atoms. The first-order chi connectivity index (χ1) is 7.17. The SMILES string of the molecule is O=S1(=O)CCc2ccc3cccc1c3c2. The average Bonchev–Trinajstić information content (AvgIpc) is 2.36. The first kappa shape index (κ1) is 8.92. The predicted octanol–water partition coefficient (Wildman–Crippen LogP) is 2.17. The van der Waals surface area contributed by atoms with Crippen LogP contribution in [0.4, 0.5) is 0 Å². The van der Waals surface area contributed by atoms with Gasteiger partial charge in [0.05, 0.1) is 10.6 Å². The molecule has 0 aromatic heterocycles. The van der Waals surface area contributed by atoms with Gasteiger partial charge in [0.25, 0.3) is 0 Å². The Bertz CT molecular complexity index is 642. The van der Waals surface area contributed by atoms with Crippen molar-refractivity contribution in [1.29, 1.82) is 0 Å². The van der Waals surface area contributed by atoms with E-state index in [-0.39, 0.29) is 5.75 Å². The Morgan fingerprint density at radius 3 is 2.80 bits per heavy atom. The van der Waals surface area contributed by atoms with E-state index >= 15 is 0 Å². The summed E-state index contributed by atoms with van der Waals surface area (Å²) in [6.45, 7) is 0. The van der Waals surface area contributed by atoms with Gasteiger partial charge in [-0.3, -0.25) is 0 Å². The van der Waals surface area contributed by atoms with Crippen molar-refractivity contribution in [3.05, 3.63) is 42.0 Å². The molecule has 3 heteroatoms. The normalized spacial score (nSPS) is 17.9. The summed E-state index contributed by atoms with van der Waals surface area (Å²) in [7, 11) is -3.09. The molecule has 0 fully saturated rings. The van der Waals surface area contributed by atoms with Gasteiger partial charge in [-0.05, 0) is 29.5 Å². The Labute approximate surface area is 88.5 Å². The van der Waals surface area contributed by atoms with Gasteiger partial charge in [0.2, 0.25) is 0 Å². The Hall–Kier alpha value is -1.35. The van der Waals surface area contributed by atoms with Crippen molar-refractivity contribution in [3.63, 3.8) is 0 Å². The molecule has 1 aliphatic heterocycles. The number of fused-ring (bicyclic) bond motifs is 1. The molecule has 1 aliphatic rings. The summed E-state index contributed by atoms with van der Waals surface area (Å²) >= 11 is 0. The van der Waals surface area contributed by atoms with Crippen LogP contribution in [0, 0.1) is 0 Å². The highest BCUT2D eigenvalue weighted by Gasteiger charge is 2.20. The van der Waals surface area contributed by atoms with E-state index in [0.29, 0.717) is 11.3 Å². The first-order valence-corrected chi connectivity index (χ1v) is 6.56. The number of hydrogen-bond acceptors (Lipinski definition) is 2. The topological polar surface area (TPSA) is 34.1 Å². The molecule has 0 unspecified atom stereocenters. The van der Waals surface area contributed by atoms with Crippen molar-refractivity contribution in [2.45, 2.75) is 11.3 Å². The van der Waals surface area contributed by atoms with E-state index in [1.54, 1.807) is 12.1 Å². The highest BCUT2D eigenvalue weighted by Crippen LogP contribution is 2.28. The second-order valence-electron chi connectivity index (χ2n) is 3.88. The largest absolute Gasteiger partial charge is 0.224 e. The van der Waals surface area contributed by atoms with E-state index in [2.05, 4.69) is 0 Å². The summed E-state index contributed by atoms with van der Waals surface area (Å²) in [5.74, 6) is 0.222. The molecule has 2 aromatic carbocycles. The van der Waals surface area contributed by atoms with Crippen LogP contribution in [0.1, 0.15) is 5.56 Å². The zero-order chi connectivity index (χ0) is 10.5. The Morgan fingerprint density at radius 1 is 1.07 bits per heavy atom. The molecule has 2 nitrogen and oxygen atoms in total. The maximum atomic E-state index is 12.0. The number of sulfone groups is 1. The fourth-order valence-electron chi connectivity index (χ4n) is 2.08. The van der Waals surface area contributed by atoms with E-state index in [4.69, 9.17) is 0 Å². The monoisotopic (exact) mass is 218 g/mol. The number of rotatable bonds is 0. The minimum atomic E-state index is -3.09. The third-order valence-corrected chi connectivity index (χ3v) is 4.67. The molecule has 0 aliphatic carbocycles. The van der Waals surface area contributed by atoms with Crippen molar-refractivity contribution in [1.82, 2.24) is 0 Å². The van der Waals surface area contributed by atoms with Crippen molar-refractivity contribution >= 4 is 20.6 Å². The van der Waals surface area contributed by atoms with Crippen LogP contribution in [-0.2, 0) is 16.3 Å². The molecule has 0 radical (unpaired) electrons. The molecule has 0 saturated heterocycles. The number of aryl methyl sites for hydroxylation is 1. The summed E-state index contributed by atoms with van der Waals surface area (Å²) in [6, 6.07) is 11.5. The van der Waals surface area contributed by atoms with Crippen molar-refractivity contribution in [2.75, 3.05) is 5.75 Å². The minimum Gasteiger partial charge on any atom is -0.224 e. The van der Waals surface area contributed by atoms with Crippen LogP contribution in [0.2, 0.25) is 0 Å². The molecular weight excluding hydrogens is 208 g/mol. The molecule has 3 rings (SSSR count). The van der Waals surface area contributed by atoms with E-state index in [0.717, 1.165) is 16.3 Å². The van der Waals surface area contributed by atoms with E-state index in [1.807, 2.05) is 24.3 Å². The summed E-state index contributed by atoms with van der Waals surface area (Å²) < 4.78 is 23.9. The van der Waals surface area contributed by atoms with Crippen LogP contribution in [0.15, 0.2) is 41.3 Å².